The fourth-order valence-electron chi connectivity index (χ4n) is 3.52. The summed E-state index contributed by atoms with van der Waals surface area (Å²) in [5, 5.41) is 5.01. The summed E-state index contributed by atoms with van der Waals surface area (Å²) in [7, 11) is 1.60. The maximum absolute atomic E-state index is 13.7. The van der Waals surface area contributed by atoms with E-state index in [0.717, 1.165) is 10.2 Å². The zero-order valence-electron chi connectivity index (χ0n) is 16.6. The van der Waals surface area contributed by atoms with E-state index in [0.29, 0.717) is 33.9 Å². The van der Waals surface area contributed by atoms with Crippen LogP contribution in [-0.2, 0) is 0 Å². The molecule has 2 aromatic heterocycles. The first-order valence-corrected chi connectivity index (χ1v) is 10.4. The molecule has 2 heterocycles. The molecule has 3 aromatic carbocycles. The van der Waals surface area contributed by atoms with E-state index in [1.807, 2.05) is 78.9 Å². The Morgan fingerprint density at radius 1 is 0.871 bits per heavy atom. The van der Waals surface area contributed by atoms with Crippen LogP contribution >= 0.6 is 15.9 Å². The second kappa shape index (κ2) is 7.85. The van der Waals surface area contributed by atoms with Crippen molar-refractivity contribution in [3.05, 3.63) is 99.9 Å². The van der Waals surface area contributed by atoms with Gasteiger partial charge in [0.15, 0.2) is 11.5 Å². The molecule has 0 atom stereocenters. The highest BCUT2D eigenvalue weighted by Gasteiger charge is 2.19. The predicted octanol–water partition coefficient (Wildman–Crippen LogP) is 5.01. The molecule has 0 unspecified atom stereocenters. The second-order valence-corrected chi connectivity index (χ2v) is 7.81. The molecule has 7 heteroatoms. The van der Waals surface area contributed by atoms with Crippen molar-refractivity contribution < 1.29 is 4.74 Å². The first-order chi connectivity index (χ1) is 15.2. The van der Waals surface area contributed by atoms with Crippen molar-refractivity contribution in [1.29, 1.82) is 0 Å². The van der Waals surface area contributed by atoms with E-state index < -0.39 is 0 Å². The number of para-hydroxylation sites is 2. The number of ether oxygens (including phenoxy) is 1. The first kappa shape index (κ1) is 19.3. The molecule has 0 N–H and O–H groups in total. The summed E-state index contributed by atoms with van der Waals surface area (Å²) in [5.41, 5.74) is 2.45. The maximum Gasteiger partial charge on any atom is 0.269 e. The van der Waals surface area contributed by atoms with Gasteiger partial charge in [-0.15, -0.1) is 5.10 Å². The summed E-state index contributed by atoms with van der Waals surface area (Å²) in [6, 6.07) is 24.7. The molecule has 0 aliphatic carbocycles. The third kappa shape index (κ3) is 3.43. The van der Waals surface area contributed by atoms with Crippen LogP contribution in [0.3, 0.4) is 0 Å². The largest absolute Gasteiger partial charge is 0.496 e. The summed E-state index contributed by atoms with van der Waals surface area (Å²) in [5.74, 6) is 1.10. The molecule has 6 nitrogen and oxygen atoms in total. The van der Waals surface area contributed by atoms with Gasteiger partial charge in [-0.25, -0.2) is 9.67 Å². The molecule has 0 radical (unpaired) electrons. The molecular weight excluding hydrogens is 456 g/mol. The Balaban J connectivity index is 1.84. The van der Waals surface area contributed by atoms with Gasteiger partial charge in [-0.05, 0) is 48.5 Å². The molecular formula is C24H17BrN4O2. The molecule has 0 spiro atoms. The monoisotopic (exact) mass is 472 g/mol. The van der Waals surface area contributed by atoms with Gasteiger partial charge >= 0.3 is 0 Å². The SMILES string of the molecule is COc1ccccc1-c1nc2nn(-c3ccccc3)cc2c(=O)n1-c1ccc(Br)cc1. The number of hydrogen-bond donors (Lipinski definition) is 0. The Hall–Kier alpha value is -3.71. The van der Waals surface area contributed by atoms with E-state index in [4.69, 9.17) is 9.72 Å². The Morgan fingerprint density at radius 2 is 1.58 bits per heavy atom. The number of fused-ring (bicyclic) bond motifs is 1. The van der Waals surface area contributed by atoms with Crippen molar-refractivity contribution in [2.75, 3.05) is 7.11 Å². The summed E-state index contributed by atoms with van der Waals surface area (Å²) in [6.07, 6.45) is 1.72. The average molecular weight is 473 g/mol. The molecule has 0 saturated heterocycles. The van der Waals surface area contributed by atoms with E-state index in [1.54, 1.807) is 22.6 Å². The van der Waals surface area contributed by atoms with Crippen molar-refractivity contribution in [3.8, 4) is 28.5 Å². The molecule has 5 rings (SSSR count). The van der Waals surface area contributed by atoms with Crippen molar-refractivity contribution in [2.45, 2.75) is 0 Å². The van der Waals surface area contributed by atoms with E-state index >= 15 is 0 Å². The number of nitrogens with zero attached hydrogens (tertiary/aromatic N) is 4. The third-order valence-electron chi connectivity index (χ3n) is 5.01. The molecule has 0 aliphatic rings. The van der Waals surface area contributed by atoms with Crippen LogP contribution in [0.5, 0.6) is 5.75 Å². The molecule has 0 saturated carbocycles. The van der Waals surface area contributed by atoms with E-state index in [2.05, 4.69) is 21.0 Å². The van der Waals surface area contributed by atoms with Crippen molar-refractivity contribution in [1.82, 2.24) is 19.3 Å². The number of rotatable bonds is 4. The predicted molar refractivity (Wildman–Crippen MR) is 124 cm³/mol. The Morgan fingerprint density at radius 3 is 2.32 bits per heavy atom. The van der Waals surface area contributed by atoms with Crippen LogP contribution in [0.1, 0.15) is 0 Å². The molecule has 0 aliphatic heterocycles. The molecule has 152 valence electrons. The highest BCUT2D eigenvalue weighted by Crippen LogP contribution is 2.30. The third-order valence-corrected chi connectivity index (χ3v) is 5.53. The zero-order chi connectivity index (χ0) is 21.4. The van der Waals surface area contributed by atoms with Crippen LogP contribution in [0.15, 0.2) is 94.3 Å². The Labute approximate surface area is 186 Å². The van der Waals surface area contributed by atoms with Gasteiger partial charge in [-0.3, -0.25) is 9.36 Å². The fourth-order valence-corrected chi connectivity index (χ4v) is 3.78. The van der Waals surface area contributed by atoms with Gasteiger partial charge < -0.3 is 4.74 Å². The average Bonchev–Trinajstić information content (AvgIpc) is 3.25. The van der Waals surface area contributed by atoms with Gasteiger partial charge in [0.25, 0.3) is 5.56 Å². The van der Waals surface area contributed by atoms with E-state index in [1.165, 1.54) is 0 Å². The van der Waals surface area contributed by atoms with Gasteiger partial charge in [-0.2, -0.15) is 0 Å². The lowest BCUT2D eigenvalue weighted by molar-refractivity contribution is 0.416. The summed E-state index contributed by atoms with van der Waals surface area (Å²) in [6.45, 7) is 0. The van der Waals surface area contributed by atoms with Crippen LogP contribution in [-0.4, -0.2) is 26.4 Å². The number of benzene rings is 3. The lowest BCUT2D eigenvalue weighted by atomic mass is 10.1. The van der Waals surface area contributed by atoms with Gasteiger partial charge in [-0.1, -0.05) is 46.3 Å². The Bertz CT molecular complexity index is 1440. The minimum absolute atomic E-state index is 0.199. The molecule has 5 aromatic rings. The van der Waals surface area contributed by atoms with E-state index in [9.17, 15) is 4.79 Å². The van der Waals surface area contributed by atoms with Crippen molar-refractivity contribution in [2.24, 2.45) is 0 Å². The quantitative estimate of drug-likeness (QED) is 0.368. The number of methoxy groups -OCH3 is 1. The van der Waals surface area contributed by atoms with Gasteiger partial charge in [0, 0.05) is 10.7 Å². The maximum atomic E-state index is 13.7. The van der Waals surface area contributed by atoms with Gasteiger partial charge in [0.1, 0.15) is 11.1 Å². The molecule has 0 bridgehead atoms. The lowest BCUT2D eigenvalue weighted by Crippen LogP contribution is -2.21. The summed E-state index contributed by atoms with van der Waals surface area (Å²) in [4.78, 5) is 18.5. The Kier molecular flexibility index (Phi) is 4.88. The number of hydrogen-bond acceptors (Lipinski definition) is 4. The summed E-state index contributed by atoms with van der Waals surface area (Å²) >= 11 is 3.46. The molecule has 0 amide bonds. The minimum Gasteiger partial charge on any atom is -0.496 e. The second-order valence-electron chi connectivity index (χ2n) is 6.90. The number of halogens is 1. The zero-order valence-corrected chi connectivity index (χ0v) is 18.2. The summed E-state index contributed by atoms with van der Waals surface area (Å²) < 4.78 is 9.75. The van der Waals surface area contributed by atoms with Crippen LogP contribution < -0.4 is 10.3 Å². The van der Waals surface area contributed by atoms with Crippen LogP contribution in [0.4, 0.5) is 0 Å². The highest BCUT2D eigenvalue weighted by atomic mass is 79.9. The normalized spacial score (nSPS) is 11.0. The van der Waals surface area contributed by atoms with Crippen molar-refractivity contribution >= 4 is 27.0 Å². The highest BCUT2D eigenvalue weighted by molar-refractivity contribution is 9.10. The van der Waals surface area contributed by atoms with Crippen LogP contribution in [0.25, 0.3) is 33.8 Å². The van der Waals surface area contributed by atoms with Gasteiger partial charge in [0.05, 0.1) is 24.0 Å². The first-order valence-electron chi connectivity index (χ1n) is 9.63. The van der Waals surface area contributed by atoms with Crippen LogP contribution in [0, 0.1) is 0 Å². The smallest absolute Gasteiger partial charge is 0.269 e. The number of aromatic nitrogens is 4. The van der Waals surface area contributed by atoms with E-state index in [-0.39, 0.29) is 5.56 Å². The fraction of sp³-hybridized carbons (Fsp3) is 0.0417. The standard InChI is InChI=1S/C24H17BrN4O2/c1-31-21-10-6-5-9-19(21)23-26-22-20(15-28(27-22)17-7-3-2-4-8-17)24(30)29(23)18-13-11-16(25)12-14-18/h2-15H,1H3. The van der Waals surface area contributed by atoms with Gasteiger partial charge in [0.2, 0.25) is 0 Å². The molecule has 0 fully saturated rings. The van der Waals surface area contributed by atoms with Crippen LogP contribution in [0.2, 0.25) is 0 Å². The topological polar surface area (TPSA) is 61.9 Å². The lowest BCUT2D eigenvalue weighted by Gasteiger charge is -2.14. The minimum atomic E-state index is -0.199. The molecule has 31 heavy (non-hydrogen) atoms. The van der Waals surface area contributed by atoms with Crippen molar-refractivity contribution in [3.63, 3.8) is 0 Å².